The smallest absolute Gasteiger partial charge is 0.326 e. The number of carboxylic acid groups (broad SMARTS) is 1. The largest absolute Gasteiger partial charge is 0.487 e. The van der Waals surface area contributed by atoms with E-state index in [1.165, 1.54) is 28.0 Å². The molecule has 9 N–H and O–H groups in total. The van der Waals surface area contributed by atoms with Crippen LogP contribution in [0.1, 0.15) is 119 Å². The summed E-state index contributed by atoms with van der Waals surface area (Å²) in [6, 6.07) is 0.230. The minimum Gasteiger partial charge on any atom is -0.487 e. The van der Waals surface area contributed by atoms with Gasteiger partial charge in [-0.15, -0.1) is 6.58 Å². The van der Waals surface area contributed by atoms with Crippen molar-refractivity contribution in [2.45, 2.75) is 171 Å². The zero-order chi connectivity index (χ0) is 52.0. The molecule has 0 unspecified atom stereocenters. The second kappa shape index (κ2) is 22.5. The second-order valence-corrected chi connectivity index (χ2v) is 21.5. The average molecular weight is 1010 g/mol. The highest BCUT2D eigenvalue weighted by Crippen LogP contribution is 2.44. The van der Waals surface area contributed by atoms with E-state index >= 15 is 0 Å². The molecule has 0 bridgehead atoms. The summed E-state index contributed by atoms with van der Waals surface area (Å²) in [5, 5.41) is 18.3. The van der Waals surface area contributed by atoms with Crippen LogP contribution in [-0.2, 0) is 51.6 Å². The summed E-state index contributed by atoms with van der Waals surface area (Å²) in [4.78, 5) is 89.4. The maximum atomic E-state index is 14.9. The topological polar surface area (TPSA) is 285 Å². The molecule has 0 aromatic heterocycles. The molecule has 5 atom stereocenters. The number of sulfonamides is 1. The second-order valence-electron chi connectivity index (χ2n) is 19.9. The van der Waals surface area contributed by atoms with E-state index in [4.69, 9.17) is 16.2 Å². The lowest BCUT2D eigenvalue weighted by atomic mass is 9.75. The van der Waals surface area contributed by atoms with E-state index in [9.17, 15) is 46.7 Å². The highest BCUT2D eigenvalue weighted by Gasteiger charge is 2.50. The van der Waals surface area contributed by atoms with E-state index < -0.39 is 98.7 Å². The molecule has 388 valence electrons. The molecule has 21 heteroatoms. The predicted molar refractivity (Wildman–Crippen MR) is 263 cm³/mol. The lowest BCUT2D eigenvalue weighted by Gasteiger charge is -2.43. The van der Waals surface area contributed by atoms with Crippen molar-refractivity contribution in [3.63, 3.8) is 0 Å². The first-order valence-electron chi connectivity index (χ1n) is 24.5. The zero-order valence-corrected chi connectivity index (χ0v) is 42.2. The van der Waals surface area contributed by atoms with Gasteiger partial charge in [0.1, 0.15) is 46.9 Å². The van der Waals surface area contributed by atoms with Crippen LogP contribution < -0.4 is 36.9 Å². The standard InChI is InChI=1S/C50H70FN9O10S/c1-7-8-9-18-35(52)42(61)55-37(27-32-16-10-11-17-34(32)51)45(64)59-25-13-20-38(59)43(62)57-50(22-15-23-50)47(67)56-36(44(63)60-26-14-21-39(60)46(65)66)19-12-24-54-48(53)58-71(68,69)41-30(3)29(2)40-33(31(41)4)28-49(5,6)70-40/h7,10-11,16-17,35-39H,1,8-9,12-15,18-28,52H2,2-6H3,(H,55,61)(H,56,67)(H,57,62)(H,65,66)(H3,53,54,58)/t35-,36-,37-,38-,39-/m0/s1. The number of fused-ring (bicyclic) bond motifs is 1. The molecule has 3 aliphatic heterocycles. The van der Waals surface area contributed by atoms with Crippen molar-refractivity contribution in [1.82, 2.24) is 30.5 Å². The third-order valence-electron chi connectivity index (χ3n) is 14.3. The molecule has 71 heavy (non-hydrogen) atoms. The minimum atomic E-state index is -4.21. The first-order valence-corrected chi connectivity index (χ1v) is 26.0. The molecule has 3 fully saturated rings. The Bertz CT molecular complexity index is 2550. The summed E-state index contributed by atoms with van der Waals surface area (Å²) >= 11 is 0. The number of unbranched alkanes of at least 4 members (excludes halogenated alkanes) is 1. The number of likely N-dealkylation sites (tertiary alicyclic amines) is 2. The molecule has 0 radical (unpaired) electrons. The first-order chi connectivity index (χ1) is 33.5. The van der Waals surface area contributed by atoms with Gasteiger partial charge in [-0.1, -0.05) is 24.3 Å². The summed E-state index contributed by atoms with van der Waals surface area (Å²) in [7, 11) is -4.21. The van der Waals surface area contributed by atoms with Gasteiger partial charge in [-0.05, 0) is 140 Å². The van der Waals surface area contributed by atoms with Crippen LogP contribution in [0.5, 0.6) is 5.75 Å². The Hall–Kier alpha value is -6.09. The Morgan fingerprint density at radius 3 is 2.21 bits per heavy atom. The predicted octanol–water partition coefficient (Wildman–Crippen LogP) is 2.84. The number of carbonyl (C=O) groups excluding carboxylic acids is 5. The molecule has 0 spiro atoms. The number of hydrogen-bond donors (Lipinski definition) is 7. The number of halogens is 1. The molecule has 19 nitrogen and oxygen atoms in total. The number of allylic oxidation sites excluding steroid dienone is 1. The first kappa shape index (κ1) is 54.2. The highest BCUT2D eigenvalue weighted by atomic mass is 32.2. The van der Waals surface area contributed by atoms with Gasteiger partial charge >= 0.3 is 5.97 Å². The van der Waals surface area contributed by atoms with Gasteiger partial charge in [-0.3, -0.25) is 29.0 Å². The van der Waals surface area contributed by atoms with Crippen LogP contribution in [0.4, 0.5) is 4.39 Å². The third kappa shape index (κ3) is 12.3. The van der Waals surface area contributed by atoms with Crippen LogP contribution >= 0.6 is 0 Å². The van der Waals surface area contributed by atoms with Crippen molar-refractivity contribution in [2.75, 3.05) is 19.6 Å². The number of guanidine groups is 1. The molecule has 1 saturated carbocycles. The number of aliphatic carboxylic acids is 1. The van der Waals surface area contributed by atoms with E-state index in [2.05, 4.69) is 32.2 Å². The van der Waals surface area contributed by atoms with Gasteiger partial charge in [0.05, 0.1) is 10.9 Å². The van der Waals surface area contributed by atoms with E-state index in [1.54, 1.807) is 32.9 Å². The van der Waals surface area contributed by atoms with Crippen molar-refractivity contribution < 1.29 is 51.4 Å². The van der Waals surface area contributed by atoms with Crippen molar-refractivity contribution in [3.8, 4) is 5.75 Å². The van der Waals surface area contributed by atoms with Crippen LogP contribution in [0.25, 0.3) is 0 Å². The quantitative estimate of drug-likeness (QED) is 0.0412. The number of hydrogen-bond acceptors (Lipinski definition) is 11. The summed E-state index contributed by atoms with van der Waals surface area (Å²) in [6.45, 7) is 13.0. The molecule has 2 aromatic rings. The monoisotopic (exact) mass is 1010 g/mol. The normalized spacial score (nSPS) is 20.4. The fourth-order valence-corrected chi connectivity index (χ4v) is 11.7. The number of carboxylic acids is 1. The number of nitrogens with two attached hydrogens (primary N) is 2. The van der Waals surface area contributed by atoms with Crippen molar-refractivity contribution in [3.05, 3.63) is 70.6 Å². The van der Waals surface area contributed by atoms with Gasteiger partial charge in [0, 0.05) is 38.0 Å². The molecule has 5 amide bonds. The molecule has 6 rings (SSSR count). The number of rotatable bonds is 21. The van der Waals surface area contributed by atoms with Crippen LogP contribution in [0.15, 0.2) is 46.8 Å². The zero-order valence-electron chi connectivity index (χ0n) is 41.4. The molecule has 4 aliphatic rings. The fraction of sp³-hybridized carbons (Fsp3) is 0.580. The van der Waals surface area contributed by atoms with E-state index in [0.29, 0.717) is 67.4 Å². The number of nitrogens with one attached hydrogen (secondary N) is 4. The van der Waals surface area contributed by atoms with Crippen molar-refractivity contribution >= 4 is 51.5 Å². The Labute approximate surface area is 415 Å². The highest BCUT2D eigenvalue weighted by molar-refractivity contribution is 7.90. The maximum Gasteiger partial charge on any atom is 0.326 e. The molecular weight excluding hydrogens is 938 g/mol. The van der Waals surface area contributed by atoms with Crippen LogP contribution in [0.2, 0.25) is 0 Å². The third-order valence-corrected chi connectivity index (χ3v) is 15.9. The Kier molecular flexibility index (Phi) is 17.2. The van der Waals surface area contributed by atoms with Crippen LogP contribution in [0.3, 0.4) is 0 Å². The summed E-state index contributed by atoms with van der Waals surface area (Å²) in [6.07, 6.45) is 5.91. The van der Waals surface area contributed by atoms with Gasteiger partial charge in [-0.2, -0.15) is 0 Å². The number of benzene rings is 2. The number of carbonyl (C=O) groups is 6. The molecule has 3 heterocycles. The lowest BCUT2D eigenvalue weighted by Crippen LogP contribution is -2.67. The maximum absolute atomic E-state index is 14.9. The Morgan fingerprint density at radius 1 is 0.930 bits per heavy atom. The SMILES string of the molecule is C=CCCC[C@H](N)C(=O)N[C@@H](Cc1ccccc1F)C(=O)N1CCC[C@H]1C(=O)NC1(C(=O)N[C@@H](CCCN=C(N)NS(=O)(=O)c2c(C)c(C)c3c(c2C)CC(C)(C)O3)C(=O)N2CCC[C@H]2C(=O)O)CCC1. The van der Waals surface area contributed by atoms with Gasteiger partial charge in [0.15, 0.2) is 0 Å². The molecular formula is C50H70FN9O10S. The Morgan fingerprint density at radius 2 is 1.58 bits per heavy atom. The number of aliphatic imine (C=N–C) groups is 1. The summed E-state index contributed by atoms with van der Waals surface area (Å²) in [5.74, 6) is -4.64. The van der Waals surface area contributed by atoms with Crippen LogP contribution in [0, 0.1) is 26.6 Å². The van der Waals surface area contributed by atoms with E-state index in [-0.39, 0.29) is 75.0 Å². The minimum absolute atomic E-state index is 0.0447. The fourth-order valence-electron chi connectivity index (χ4n) is 10.1. The average Bonchev–Trinajstić information content (AvgIpc) is 4.07. The molecule has 1 aliphatic carbocycles. The lowest BCUT2D eigenvalue weighted by molar-refractivity contribution is -0.150. The summed E-state index contributed by atoms with van der Waals surface area (Å²) in [5.41, 5.74) is 13.1. The van der Waals surface area contributed by atoms with Gasteiger partial charge in [0.25, 0.3) is 10.0 Å². The Balaban J connectivity index is 1.15. The summed E-state index contributed by atoms with van der Waals surface area (Å²) < 4.78 is 51.0. The number of ether oxygens (including phenoxy) is 1. The molecule has 2 aromatic carbocycles. The van der Waals surface area contributed by atoms with Gasteiger partial charge < -0.3 is 47.1 Å². The van der Waals surface area contributed by atoms with E-state index in [0.717, 1.165) is 5.56 Å². The van der Waals surface area contributed by atoms with Crippen molar-refractivity contribution in [2.24, 2.45) is 16.5 Å². The van der Waals surface area contributed by atoms with Crippen LogP contribution in [-0.4, -0.2) is 126 Å². The van der Waals surface area contributed by atoms with Gasteiger partial charge in [0.2, 0.25) is 35.5 Å². The van der Waals surface area contributed by atoms with Crippen molar-refractivity contribution in [1.29, 1.82) is 0 Å². The number of nitrogens with zero attached hydrogens (tertiary/aromatic N) is 3. The number of amides is 5. The molecule has 2 saturated heterocycles. The van der Waals surface area contributed by atoms with E-state index in [1.807, 2.05) is 13.8 Å². The van der Waals surface area contributed by atoms with Gasteiger partial charge in [-0.25, -0.2) is 22.3 Å².